The molecule has 1 rings (SSSR count). The summed E-state index contributed by atoms with van der Waals surface area (Å²) in [6.45, 7) is 4.18. The average molecular weight is 302 g/mol. The fraction of sp³-hybridized carbons (Fsp3) is 0.417. The molecule has 0 saturated heterocycles. The Morgan fingerprint density at radius 1 is 1.56 bits per heavy atom. The Bertz CT molecular complexity index is 381. The van der Waals surface area contributed by atoms with Crippen LogP contribution in [0.25, 0.3) is 0 Å². The first kappa shape index (κ1) is 13.5. The quantitative estimate of drug-likeness (QED) is 0.843. The zero-order valence-corrected chi connectivity index (χ0v) is 11.9. The fourth-order valence-electron chi connectivity index (χ4n) is 1.48. The second-order valence-corrected chi connectivity index (χ2v) is 5.08. The lowest BCUT2D eigenvalue weighted by molar-refractivity contribution is 0.209. The van der Waals surface area contributed by atoms with Gasteiger partial charge < -0.3 is 10.5 Å². The molecule has 16 heavy (non-hydrogen) atoms. The van der Waals surface area contributed by atoms with Gasteiger partial charge in [0.2, 0.25) is 0 Å². The molecule has 0 saturated carbocycles. The van der Waals surface area contributed by atoms with Gasteiger partial charge in [-0.05, 0) is 31.5 Å². The van der Waals surface area contributed by atoms with Gasteiger partial charge in [0.05, 0.1) is 11.7 Å². The smallest absolute Gasteiger partial charge is 0.130 e. The van der Waals surface area contributed by atoms with E-state index < -0.39 is 0 Å². The zero-order chi connectivity index (χ0) is 12.1. The molecular formula is C12H16BrNOS. The summed E-state index contributed by atoms with van der Waals surface area (Å²) in [6, 6.07) is 5.69. The Kier molecular flexibility index (Phi) is 5.22. The van der Waals surface area contributed by atoms with Crippen LogP contribution in [0, 0.1) is 0 Å². The Morgan fingerprint density at radius 3 is 2.81 bits per heavy atom. The van der Waals surface area contributed by atoms with Crippen LogP contribution < -0.4 is 10.5 Å². The molecule has 0 aliphatic rings. The molecule has 0 bridgehead atoms. The first-order chi connectivity index (χ1) is 7.54. The molecule has 2 N–H and O–H groups in total. The summed E-state index contributed by atoms with van der Waals surface area (Å²) in [7, 11) is 0. The van der Waals surface area contributed by atoms with E-state index in [1.165, 1.54) is 0 Å². The van der Waals surface area contributed by atoms with E-state index in [2.05, 4.69) is 22.9 Å². The number of thiocarbonyl (C=S) groups is 1. The Balaban J connectivity index is 2.92. The Labute approximate surface area is 110 Å². The lowest BCUT2D eigenvalue weighted by Gasteiger charge is -2.16. The van der Waals surface area contributed by atoms with Crippen LogP contribution in [-0.2, 0) is 0 Å². The van der Waals surface area contributed by atoms with Crippen LogP contribution in [0.1, 0.15) is 32.3 Å². The second kappa shape index (κ2) is 6.21. The van der Waals surface area contributed by atoms with Gasteiger partial charge in [-0.2, -0.15) is 0 Å². The minimum atomic E-state index is 0.174. The van der Waals surface area contributed by atoms with Gasteiger partial charge in [-0.3, -0.25) is 0 Å². The van der Waals surface area contributed by atoms with E-state index in [1.807, 2.05) is 25.1 Å². The normalized spacial score (nSPS) is 12.2. The SMILES string of the molecule is CCCC(C)Oc1cc(Br)ccc1C(N)=S. The van der Waals surface area contributed by atoms with Crippen molar-refractivity contribution < 1.29 is 4.74 Å². The van der Waals surface area contributed by atoms with Gasteiger partial charge in [0.1, 0.15) is 10.7 Å². The van der Waals surface area contributed by atoms with Crippen molar-refractivity contribution in [1.82, 2.24) is 0 Å². The first-order valence-corrected chi connectivity index (χ1v) is 6.50. The summed E-state index contributed by atoms with van der Waals surface area (Å²) >= 11 is 8.40. The van der Waals surface area contributed by atoms with E-state index >= 15 is 0 Å². The minimum Gasteiger partial charge on any atom is -0.490 e. The van der Waals surface area contributed by atoms with Crippen molar-refractivity contribution in [2.45, 2.75) is 32.8 Å². The minimum absolute atomic E-state index is 0.174. The molecule has 1 aromatic rings. The number of hydrogen-bond acceptors (Lipinski definition) is 2. The third-order valence-electron chi connectivity index (χ3n) is 2.23. The molecule has 4 heteroatoms. The lowest BCUT2D eigenvalue weighted by Crippen LogP contribution is -2.16. The summed E-state index contributed by atoms with van der Waals surface area (Å²) in [5, 5.41) is 0. The van der Waals surface area contributed by atoms with Crippen LogP contribution in [-0.4, -0.2) is 11.1 Å². The highest BCUT2D eigenvalue weighted by molar-refractivity contribution is 9.10. The third kappa shape index (κ3) is 3.76. The number of halogens is 1. The summed E-state index contributed by atoms with van der Waals surface area (Å²) in [6.07, 6.45) is 2.29. The van der Waals surface area contributed by atoms with Crippen molar-refractivity contribution in [3.8, 4) is 5.75 Å². The number of hydrogen-bond donors (Lipinski definition) is 1. The van der Waals surface area contributed by atoms with Crippen LogP contribution in [0.2, 0.25) is 0 Å². The highest BCUT2D eigenvalue weighted by atomic mass is 79.9. The summed E-state index contributed by atoms with van der Waals surface area (Å²) in [5.41, 5.74) is 6.44. The first-order valence-electron chi connectivity index (χ1n) is 5.30. The molecule has 1 unspecified atom stereocenters. The van der Waals surface area contributed by atoms with Crippen LogP contribution in [0.15, 0.2) is 22.7 Å². The van der Waals surface area contributed by atoms with Crippen molar-refractivity contribution in [3.05, 3.63) is 28.2 Å². The Hall–Kier alpha value is -0.610. The summed E-state index contributed by atoms with van der Waals surface area (Å²) < 4.78 is 6.79. The second-order valence-electron chi connectivity index (χ2n) is 3.72. The van der Waals surface area contributed by atoms with E-state index in [9.17, 15) is 0 Å². The summed E-state index contributed by atoms with van der Waals surface area (Å²) in [4.78, 5) is 0.367. The molecule has 0 aliphatic carbocycles. The van der Waals surface area contributed by atoms with Gasteiger partial charge in [-0.1, -0.05) is 41.5 Å². The predicted octanol–water partition coefficient (Wildman–Crippen LogP) is 3.65. The van der Waals surface area contributed by atoms with Crippen LogP contribution in [0.3, 0.4) is 0 Å². The monoisotopic (exact) mass is 301 g/mol. The molecular weight excluding hydrogens is 286 g/mol. The number of rotatable bonds is 5. The van der Waals surface area contributed by atoms with Crippen molar-refractivity contribution in [2.75, 3.05) is 0 Å². The third-order valence-corrected chi connectivity index (χ3v) is 2.95. The van der Waals surface area contributed by atoms with E-state index in [0.29, 0.717) is 4.99 Å². The molecule has 0 amide bonds. The topological polar surface area (TPSA) is 35.2 Å². The molecule has 88 valence electrons. The van der Waals surface area contributed by atoms with Crippen molar-refractivity contribution >= 4 is 33.1 Å². The average Bonchev–Trinajstić information content (AvgIpc) is 2.17. The van der Waals surface area contributed by atoms with E-state index in [-0.39, 0.29) is 6.10 Å². The predicted molar refractivity (Wildman–Crippen MR) is 75.0 cm³/mol. The molecule has 0 fully saturated rings. The van der Waals surface area contributed by atoms with Gasteiger partial charge in [0.25, 0.3) is 0 Å². The van der Waals surface area contributed by atoms with Crippen LogP contribution >= 0.6 is 28.1 Å². The highest BCUT2D eigenvalue weighted by Crippen LogP contribution is 2.25. The van der Waals surface area contributed by atoms with Crippen molar-refractivity contribution in [3.63, 3.8) is 0 Å². The molecule has 0 aromatic heterocycles. The molecule has 0 radical (unpaired) electrons. The van der Waals surface area contributed by atoms with E-state index in [0.717, 1.165) is 28.6 Å². The highest BCUT2D eigenvalue weighted by Gasteiger charge is 2.10. The van der Waals surface area contributed by atoms with Gasteiger partial charge in [0, 0.05) is 4.47 Å². The fourth-order valence-corrected chi connectivity index (χ4v) is 1.99. The number of ether oxygens (including phenoxy) is 1. The Morgan fingerprint density at radius 2 is 2.25 bits per heavy atom. The molecule has 1 aromatic carbocycles. The van der Waals surface area contributed by atoms with E-state index in [4.69, 9.17) is 22.7 Å². The van der Waals surface area contributed by atoms with Crippen molar-refractivity contribution in [2.24, 2.45) is 5.73 Å². The van der Waals surface area contributed by atoms with Crippen molar-refractivity contribution in [1.29, 1.82) is 0 Å². The number of nitrogens with two attached hydrogens (primary N) is 1. The molecule has 0 spiro atoms. The largest absolute Gasteiger partial charge is 0.490 e. The van der Waals surface area contributed by atoms with Crippen LogP contribution in [0.5, 0.6) is 5.75 Å². The molecule has 0 heterocycles. The number of benzene rings is 1. The molecule has 2 nitrogen and oxygen atoms in total. The van der Waals surface area contributed by atoms with Gasteiger partial charge in [-0.25, -0.2) is 0 Å². The van der Waals surface area contributed by atoms with Gasteiger partial charge in [-0.15, -0.1) is 0 Å². The molecule has 1 atom stereocenters. The zero-order valence-electron chi connectivity index (χ0n) is 9.50. The maximum absolute atomic E-state index is 5.83. The lowest BCUT2D eigenvalue weighted by atomic mass is 10.2. The standard InChI is InChI=1S/C12H16BrNOS/c1-3-4-8(2)15-11-7-9(13)5-6-10(11)12(14)16/h5-8H,3-4H2,1-2H3,(H2,14,16). The van der Waals surface area contributed by atoms with Gasteiger partial charge in [0.15, 0.2) is 0 Å². The summed E-state index contributed by atoms with van der Waals surface area (Å²) in [5.74, 6) is 0.753. The molecule has 0 aliphatic heterocycles. The maximum Gasteiger partial charge on any atom is 0.130 e. The van der Waals surface area contributed by atoms with Crippen LogP contribution in [0.4, 0.5) is 0 Å². The maximum atomic E-state index is 5.83. The van der Waals surface area contributed by atoms with E-state index in [1.54, 1.807) is 0 Å². The van der Waals surface area contributed by atoms with Gasteiger partial charge >= 0.3 is 0 Å².